The Morgan fingerprint density at radius 2 is 0.802 bits per heavy atom. The van der Waals surface area contributed by atoms with Crippen LogP contribution < -0.4 is 5.32 Å². The van der Waals surface area contributed by atoms with Crippen LogP contribution in [0.3, 0.4) is 0 Å². The number of carbonyl (C=O) groups excluding carboxylic acids is 1. The van der Waals surface area contributed by atoms with Gasteiger partial charge < -0.3 is 89.9 Å². The van der Waals surface area contributed by atoms with E-state index in [9.17, 15) is 61.0 Å². The summed E-state index contributed by atoms with van der Waals surface area (Å²) in [7, 11) is 0. The van der Waals surface area contributed by atoms with E-state index in [1.165, 1.54) is 83.5 Å². The maximum Gasteiger partial charge on any atom is 0.220 e. The number of amides is 1. The Balaban J connectivity index is 1.40. The molecule has 3 fully saturated rings. The van der Waals surface area contributed by atoms with Gasteiger partial charge in [0.2, 0.25) is 5.91 Å². The summed E-state index contributed by atoms with van der Waals surface area (Å²) in [5.74, 6) is -0.251. The third-order valence-corrected chi connectivity index (χ3v) is 16.3. The highest BCUT2D eigenvalue weighted by atomic mass is 16.8. The summed E-state index contributed by atoms with van der Waals surface area (Å²) in [5, 5.41) is 120. The zero-order valence-corrected chi connectivity index (χ0v) is 52.3. The van der Waals surface area contributed by atoms with E-state index in [-0.39, 0.29) is 18.9 Å². The number of allylic oxidation sites excluding steroid dienone is 12. The number of hydrogen-bond donors (Lipinski definition) is 12. The molecule has 1 amide bonds. The fraction of sp³-hybridized carbons (Fsp3) is 0.806. The van der Waals surface area contributed by atoms with Gasteiger partial charge in [-0.15, -0.1) is 0 Å². The highest BCUT2D eigenvalue weighted by molar-refractivity contribution is 5.76. The number of hydrogen-bond acceptors (Lipinski definition) is 18. The summed E-state index contributed by atoms with van der Waals surface area (Å²) in [6, 6.07) is -0.892. The second-order valence-electron chi connectivity index (χ2n) is 23.6. The van der Waals surface area contributed by atoms with Crippen molar-refractivity contribution in [2.45, 2.75) is 317 Å². The van der Waals surface area contributed by atoms with Crippen LogP contribution in [0, 0.1) is 0 Å². The molecule has 0 saturated carbocycles. The first-order valence-corrected chi connectivity index (χ1v) is 33.2. The van der Waals surface area contributed by atoms with Gasteiger partial charge in [0, 0.05) is 6.42 Å². The van der Waals surface area contributed by atoms with Gasteiger partial charge in [-0.1, -0.05) is 215 Å². The zero-order valence-electron chi connectivity index (χ0n) is 52.3. The molecule has 0 aromatic carbocycles. The molecule has 0 bridgehead atoms. The Bertz CT molecular complexity index is 1850. The highest BCUT2D eigenvalue weighted by Gasteiger charge is 2.53. The molecule has 3 aliphatic heterocycles. The summed E-state index contributed by atoms with van der Waals surface area (Å²) in [6.07, 6.45) is 32.7. The molecule has 12 N–H and O–H groups in total. The lowest BCUT2D eigenvalue weighted by atomic mass is 9.96. The molecule has 86 heavy (non-hydrogen) atoms. The maximum absolute atomic E-state index is 13.4. The molecule has 0 aromatic heterocycles. The van der Waals surface area contributed by atoms with Gasteiger partial charge in [0.25, 0.3) is 0 Å². The van der Waals surface area contributed by atoms with Crippen LogP contribution in [0.25, 0.3) is 0 Å². The second kappa shape index (κ2) is 49.0. The van der Waals surface area contributed by atoms with Crippen LogP contribution in [0.15, 0.2) is 72.9 Å². The van der Waals surface area contributed by atoms with Crippen molar-refractivity contribution in [3.05, 3.63) is 72.9 Å². The van der Waals surface area contributed by atoms with Crippen molar-refractivity contribution >= 4 is 5.91 Å². The fourth-order valence-electron chi connectivity index (χ4n) is 10.9. The van der Waals surface area contributed by atoms with Gasteiger partial charge in [0.1, 0.15) is 73.2 Å². The van der Waals surface area contributed by atoms with Gasteiger partial charge in [0.05, 0.1) is 38.6 Å². The van der Waals surface area contributed by atoms with E-state index < -0.39 is 124 Å². The minimum Gasteiger partial charge on any atom is -0.394 e. The van der Waals surface area contributed by atoms with Crippen molar-refractivity contribution in [2.75, 3.05) is 26.4 Å². The Morgan fingerprint density at radius 1 is 0.430 bits per heavy atom. The number of rotatable bonds is 49. The Kier molecular flexibility index (Phi) is 44.1. The van der Waals surface area contributed by atoms with Crippen LogP contribution in [0.4, 0.5) is 0 Å². The molecule has 0 radical (unpaired) electrons. The minimum absolute atomic E-state index is 0.251. The smallest absolute Gasteiger partial charge is 0.220 e. The van der Waals surface area contributed by atoms with Gasteiger partial charge in [0.15, 0.2) is 18.9 Å². The first kappa shape index (κ1) is 77.5. The minimum atomic E-state index is -1.97. The molecule has 17 atom stereocenters. The third kappa shape index (κ3) is 31.3. The largest absolute Gasteiger partial charge is 0.394 e. The van der Waals surface area contributed by atoms with Crippen molar-refractivity contribution in [3.63, 3.8) is 0 Å². The first-order valence-electron chi connectivity index (χ1n) is 33.2. The standard InChI is InChI=1S/C67H117NO18/c1-3-5-7-9-11-13-15-17-18-19-20-21-22-23-24-25-26-27-28-29-30-31-32-33-35-37-39-41-43-45-55(73)68-50(51(72)44-42-40-38-36-34-16-14-12-10-8-6-4-2)49-81-65-61(79)58(76)63(53(47-70)83-65)86-67-62(80)59(77)64(54(48-71)84-67)85-66-60(78)57(75)56(74)52(46-69)82-66/h5,7,11,13,17-18,20-21,23-24,26-27,50-54,56-67,69-72,74-80H,3-4,6,8-10,12,14-16,19,22,25,28-49H2,1-2H3,(H,68,73)/b7-5-,13-11-,18-17-,21-20-,24-23-,27-26-. The Morgan fingerprint density at radius 3 is 1.26 bits per heavy atom. The highest BCUT2D eigenvalue weighted by Crippen LogP contribution is 2.33. The molecule has 3 saturated heterocycles. The van der Waals surface area contributed by atoms with Crippen molar-refractivity contribution in [1.82, 2.24) is 5.32 Å². The predicted octanol–water partition coefficient (Wildman–Crippen LogP) is 7.77. The van der Waals surface area contributed by atoms with Crippen LogP contribution in [-0.4, -0.2) is 193 Å². The van der Waals surface area contributed by atoms with E-state index in [1.54, 1.807) is 0 Å². The SMILES string of the molecule is CC/C=C\C/C=C\C/C=C\C/C=C\C/C=C\C/C=C\CCCCCCCCCCCCC(=O)NC(COC1OC(CO)C(OC2OC(CO)C(OC3OC(CO)C(O)C(O)C3O)C(O)C2O)C(O)C1O)C(O)CCCCCCCCCCCCCC. The topological polar surface area (TPSA) is 307 Å². The lowest BCUT2D eigenvalue weighted by molar-refractivity contribution is -0.379. The Labute approximate surface area is 515 Å². The molecular weight excluding hydrogens is 1110 g/mol. The van der Waals surface area contributed by atoms with Gasteiger partial charge in [-0.3, -0.25) is 4.79 Å². The lowest BCUT2D eigenvalue weighted by Crippen LogP contribution is -2.66. The van der Waals surface area contributed by atoms with Gasteiger partial charge in [-0.05, 0) is 64.2 Å². The fourth-order valence-corrected chi connectivity index (χ4v) is 10.9. The molecule has 3 aliphatic rings. The van der Waals surface area contributed by atoms with E-state index in [4.69, 9.17) is 28.4 Å². The van der Waals surface area contributed by atoms with E-state index in [0.717, 1.165) is 96.3 Å². The van der Waals surface area contributed by atoms with Crippen molar-refractivity contribution in [2.24, 2.45) is 0 Å². The summed E-state index contributed by atoms with van der Waals surface area (Å²) < 4.78 is 34.3. The van der Waals surface area contributed by atoms with Crippen LogP contribution >= 0.6 is 0 Å². The van der Waals surface area contributed by atoms with E-state index in [2.05, 4.69) is 92.1 Å². The average molecular weight is 1220 g/mol. The second-order valence-corrected chi connectivity index (χ2v) is 23.6. The molecule has 3 heterocycles. The van der Waals surface area contributed by atoms with Crippen LogP contribution in [0.5, 0.6) is 0 Å². The van der Waals surface area contributed by atoms with Gasteiger partial charge in [-0.2, -0.15) is 0 Å². The Hall–Kier alpha value is -2.77. The molecule has 3 rings (SSSR count). The maximum atomic E-state index is 13.4. The number of ether oxygens (including phenoxy) is 6. The van der Waals surface area contributed by atoms with Crippen LogP contribution in [-0.2, 0) is 33.2 Å². The van der Waals surface area contributed by atoms with E-state index in [0.29, 0.717) is 12.8 Å². The summed E-state index contributed by atoms with van der Waals surface area (Å²) in [5.41, 5.74) is 0. The summed E-state index contributed by atoms with van der Waals surface area (Å²) in [6.45, 7) is 1.66. The molecular formula is C67H117NO18. The summed E-state index contributed by atoms with van der Waals surface area (Å²) in [4.78, 5) is 13.4. The van der Waals surface area contributed by atoms with Crippen molar-refractivity contribution < 1.29 is 89.4 Å². The third-order valence-electron chi connectivity index (χ3n) is 16.3. The zero-order chi connectivity index (χ0) is 62.6. The van der Waals surface area contributed by atoms with E-state index in [1.807, 2.05) is 0 Å². The quantitative estimate of drug-likeness (QED) is 0.0204. The molecule has 19 heteroatoms. The summed E-state index contributed by atoms with van der Waals surface area (Å²) >= 11 is 0. The molecule has 0 spiro atoms. The number of unbranched alkanes of at least 4 members (excludes halogenated alkanes) is 21. The normalized spacial score (nSPS) is 29.2. The number of carbonyl (C=O) groups is 1. The monoisotopic (exact) mass is 1220 g/mol. The molecule has 0 aliphatic carbocycles. The van der Waals surface area contributed by atoms with Gasteiger partial charge in [-0.25, -0.2) is 0 Å². The lowest BCUT2D eigenvalue weighted by Gasteiger charge is -2.48. The van der Waals surface area contributed by atoms with Gasteiger partial charge >= 0.3 is 0 Å². The predicted molar refractivity (Wildman–Crippen MR) is 332 cm³/mol. The van der Waals surface area contributed by atoms with Crippen molar-refractivity contribution in [3.8, 4) is 0 Å². The van der Waals surface area contributed by atoms with Crippen LogP contribution in [0.1, 0.15) is 213 Å². The average Bonchev–Trinajstić information content (AvgIpc) is 2.62. The van der Waals surface area contributed by atoms with E-state index >= 15 is 0 Å². The van der Waals surface area contributed by atoms with Crippen LogP contribution in [0.2, 0.25) is 0 Å². The molecule has 19 nitrogen and oxygen atoms in total. The van der Waals surface area contributed by atoms with Crippen molar-refractivity contribution in [1.29, 1.82) is 0 Å². The number of aliphatic hydroxyl groups is 11. The molecule has 17 unspecified atom stereocenters. The molecule has 0 aromatic rings. The first-order chi connectivity index (χ1) is 41.8. The number of nitrogens with one attached hydrogen (secondary N) is 1. The molecule has 498 valence electrons. The number of aliphatic hydroxyl groups excluding tert-OH is 11.